The lowest BCUT2D eigenvalue weighted by Crippen LogP contribution is -2.43. The summed E-state index contributed by atoms with van der Waals surface area (Å²) in [6.45, 7) is 4.70. The SMILES string of the molecule is CC1(OP(=O)(NC2CCOCC2)NC2CCOCC2)C=CC=Cc2ccccc21. The highest BCUT2D eigenvalue weighted by Crippen LogP contribution is 2.49. The lowest BCUT2D eigenvalue weighted by atomic mass is 9.92. The number of hydrogen-bond donors (Lipinski definition) is 2. The van der Waals surface area contributed by atoms with Crippen LogP contribution in [0.25, 0.3) is 6.08 Å². The van der Waals surface area contributed by atoms with E-state index in [0.29, 0.717) is 26.4 Å². The monoisotopic (exact) mass is 418 g/mol. The number of fused-ring (bicyclic) bond motifs is 1. The largest absolute Gasteiger partial charge is 0.381 e. The normalized spacial score (nSPS) is 26.2. The lowest BCUT2D eigenvalue weighted by Gasteiger charge is -2.37. The topological polar surface area (TPSA) is 68.8 Å². The maximum atomic E-state index is 14.2. The van der Waals surface area contributed by atoms with Crippen molar-refractivity contribution in [3.8, 4) is 0 Å². The predicted molar refractivity (Wildman–Crippen MR) is 115 cm³/mol. The quantitative estimate of drug-likeness (QED) is 0.677. The van der Waals surface area contributed by atoms with E-state index >= 15 is 0 Å². The summed E-state index contributed by atoms with van der Waals surface area (Å²) >= 11 is 0. The number of allylic oxidation sites excluding steroid dienone is 2. The Bertz CT molecular complexity index is 776. The van der Waals surface area contributed by atoms with E-state index in [1.165, 1.54) is 0 Å². The zero-order valence-electron chi connectivity index (χ0n) is 17.0. The van der Waals surface area contributed by atoms with Crippen LogP contribution in [0.1, 0.15) is 43.7 Å². The van der Waals surface area contributed by atoms with E-state index in [1.54, 1.807) is 0 Å². The van der Waals surface area contributed by atoms with Crippen LogP contribution >= 0.6 is 7.67 Å². The summed E-state index contributed by atoms with van der Waals surface area (Å²) in [5, 5.41) is 6.70. The Balaban J connectivity index is 1.61. The zero-order valence-corrected chi connectivity index (χ0v) is 17.9. The third kappa shape index (κ3) is 5.26. The first-order valence-electron chi connectivity index (χ1n) is 10.5. The van der Waals surface area contributed by atoms with Crippen molar-refractivity contribution in [1.29, 1.82) is 0 Å². The van der Waals surface area contributed by atoms with Crippen LogP contribution in [0, 0.1) is 0 Å². The Labute approximate surface area is 173 Å². The molecule has 2 fully saturated rings. The average Bonchev–Trinajstić information content (AvgIpc) is 2.88. The Hall–Kier alpha value is -1.27. The van der Waals surface area contributed by atoms with Gasteiger partial charge in [0.1, 0.15) is 5.60 Å². The van der Waals surface area contributed by atoms with Crippen molar-refractivity contribution >= 4 is 13.7 Å². The summed E-state index contributed by atoms with van der Waals surface area (Å²) in [6.07, 6.45) is 11.3. The average molecular weight is 418 g/mol. The van der Waals surface area contributed by atoms with Crippen LogP contribution in [-0.4, -0.2) is 38.5 Å². The third-order valence-corrected chi connectivity index (χ3v) is 7.81. The predicted octanol–water partition coefficient (Wildman–Crippen LogP) is 4.15. The van der Waals surface area contributed by atoms with E-state index in [4.69, 9.17) is 14.0 Å². The molecule has 0 saturated carbocycles. The standard InChI is InChI=1S/C22H31N2O4P/c1-22(13-5-4-7-18-6-2-3-8-21(18)22)28-29(25,23-19-9-14-26-15-10-19)24-20-11-16-27-17-12-20/h2-8,13,19-20H,9-12,14-17H2,1H3,(H2,23,24,25). The molecule has 0 aromatic heterocycles. The van der Waals surface area contributed by atoms with Crippen molar-refractivity contribution in [2.24, 2.45) is 0 Å². The molecule has 0 spiro atoms. The van der Waals surface area contributed by atoms with Crippen LogP contribution in [0.15, 0.2) is 42.5 Å². The van der Waals surface area contributed by atoms with Gasteiger partial charge in [-0.05, 0) is 49.8 Å². The Morgan fingerprint density at radius 3 is 2.17 bits per heavy atom. The molecule has 2 heterocycles. The maximum absolute atomic E-state index is 14.2. The van der Waals surface area contributed by atoms with Gasteiger partial charge in [0.25, 0.3) is 0 Å². The molecule has 1 unspecified atom stereocenters. The first-order chi connectivity index (χ1) is 14.1. The molecule has 4 rings (SSSR count). The fourth-order valence-electron chi connectivity index (χ4n) is 4.15. The van der Waals surface area contributed by atoms with Crippen LogP contribution < -0.4 is 10.2 Å². The fourth-order valence-corrected chi connectivity index (χ4v) is 6.50. The van der Waals surface area contributed by atoms with Crippen LogP contribution in [0.4, 0.5) is 0 Å². The highest BCUT2D eigenvalue weighted by molar-refractivity contribution is 7.54. The minimum absolute atomic E-state index is 0.105. The van der Waals surface area contributed by atoms with Gasteiger partial charge in [0, 0.05) is 38.5 Å². The molecule has 2 N–H and O–H groups in total. The highest BCUT2D eigenvalue weighted by Gasteiger charge is 2.40. The van der Waals surface area contributed by atoms with E-state index in [9.17, 15) is 4.57 Å². The van der Waals surface area contributed by atoms with Crippen molar-refractivity contribution < 1.29 is 18.6 Å². The molecular formula is C22H31N2O4P. The van der Waals surface area contributed by atoms with Gasteiger partial charge >= 0.3 is 7.67 Å². The smallest absolute Gasteiger partial charge is 0.342 e. The van der Waals surface area contributed by atoms with E-state index < -0.39 is 13.3 Å². The fraction of sp³-hybridized carbons (Fsp3) is 0.545. The van der Waals surface area contributed by atoms with Crippen LogP contribution in [0.5, 0.6) is 0 Å². The van der Waals surface area contributed by atoms with Crippen molar-refractivity contribution in [1.82, 2.24) is 10.2 Å². The summed E-state index contributed by atoms with van der Waals surface area (Å²) in [5.41, 5.74) is 1.27. The van der Waals surface area contributed by atoms with Gasteiger partial charge in [-0.1, -0.05) is 42.5 Å². The summed E-state index contributed by atoms with van der Waals surface area (Å²) < 4.78 is 31.6. The molecule has 1 aromatic carbocycles. The number of ether oxygens (including phenoxy) is 2. The van der Waals surface area contributed by atoms with E-state index in [2.05, 4.69) is 22.3 Å². The molecule has 0 radical (unpaired) electrons. The van der Waals surface area contributed by atoms with Gasteiger partial charge in [-0.15, -0.1) is 0 Å². The Morgan fingerprint density at radius 2 is 1.55 bits per heavy atom. The summed E-state index contributed by atoms with van der Waals surface area (Å²) in [4.78, 5) is 0. The van der Waals surface area contributed by atoms with Crippen molar-refractivity contribution in [2.75, 3.05) is 26.4 Å². The molecule has 2 saturated heterocycles. The van der Waals surface area contributed by atoms with Crippen molar-refractivity contribution in [2.45, 2.75) is 50.3 Å². The van der Waals surface area contributed by atoms with Gasteiger partial charge in [0.05, 0.1) is 0 Å². The molecule has 2 aliphatic heterocycles. The number of benzene rings is 1. The molecule has 1 atom stereocenters. The Morgan fingerprint density at radius 1 is 0.966 bits per heavy atom. The van der Waals surface area contributed by atoms with E-state index in [0.717, 1.165) is 36.8 Å². The van der Waals surface area contributed by atoms with Crippen molar-refractivity contribution in [3.05, 3.63) is 53.6 Å². The van der Waals surface area contributed by atoms with E-state index in [-0.39, 0.29) is 12.1 Å². The van der Waals surface area contributed by atoms with Crippen LogP contribution in [0.3, 0.4) is 0 Å². The van der Waals surface area contributed by atoms with Gasteiger partial charge in [0.15, 0.2) is 0 Å². The minimum atomic E-state index is -3.36. The first kappa shape index (κ1) is 21.0. The minimum Gasteiger partial charge on any atom is -0.381 e. The second kappa shape index (κ2) is 9.25. The highest BCUT2D eigenvalue weighted by atomic mass is 31.2. The van der Waals surface area contributed by atoms with Gasteiger partial charge in [-0.25, -0.2) is 10.2 Å². The molecule has 29 heavy (non-hydrogen) atoms. The molecule has 6 nitrogen and oxygen atoms in total. The lowest BCUT2D eigenvalue weighted by molar-refractivity contribution is 0.0728. The van der Waals surface area contributed by atoms with Gasteiger partial charge in [0.2, 0.25) is 0 Å². The molecule has 7 heteroatoms. The number of hydrogen-bond acceptors (Lipinski definition) is 4. The maximum Gasteiger partial charge on any atom is 0.342 e. The van der Waals surface area contributed by atoms with E-state index in [1.807, 2.05) is 43.4 Å². The first-order valence-corrected chi connectivity index (χ1v) is 12.2. The summed E-state index contributed by atoms with van der Waals surface area (Å²) in [6, 6.07) is 8.32. The zero-order chi connectivity index (χ0) is 20.2. The van der Waals surface area contributed by atoms with Crippen LogP contribution in [-0.2, 0) is 24.2 Å². The molecule has 1 aromatic rings. The van der Waals surface area contributed by atoms with Gasteiger partial charge in [-0.2, -0.15) is 0 Å². The van der Waals surface area contributed by atoms with Gasteiger partial charge < -0.3 is 9.47 Å². The summed E-state index contributed by atoms with van der Waals surface area (Å²) in [7, 11) is -3.36. The molecule has 158 valence electrons. The molecule has 3 aliphatic rings. The molecule has 0 amide bonds. The second-order valence-corrected chi connectivity index (χ2v) is 9.89. The van der Waals surface area contributed by atoms with Crippen molar-refractivity contribution in [3.63, 3.8) is 0 Å². The summed E-state index contributed by atoms with van der Waals surface area (Å²) in [5.74, 6) is 0. The Kier molecular flexibility index (Phi) is 6.69. The van der Waals surface area contributed by atoms with Gasteiger partial charge in [-0.3, -0.25) is 9.09 Å². The van der Waals surface area contributed by atoms with Crippen LogP contribution in [0.2, 0.25) is 0 Å². The molecule has 0 bridgehead atoms. The third-order valence-electron chi connectivity index (χ3n) is 5.76. The number of nitrogens with one attached hydrogen (secondary N) is 2. The second-order valence-electron chi connectivity index (χ2n) is 8.09. The molecule has 1 aliphatic carbocycles. The number of rotatable bonds is 6. The molecular weight excluding hydrogens is 387 g/mol.